The van der Waals surface area contributed by atoms with Crippen LogP contribution in [0.15, 0.2) is 97.2 Å². The maximum absolute atomic E-state index is 11.5. The lowest BCUT2D eigenvalue weighted by atomic mass is 9.76. The molecule has 0 saturated carbocycles. The van der Waals surface area contributed by atoms with Crippen LogP contribution in [0.2, 0.25) is 0 Å². The van der Waals surface area contributed by atoms with E-state index >= 15 is 0 Å². The van der Waals surface area contributed by atoms with Crippen molar-refractivity contribution in [2.45, 2.75) is 32.4 Å². The number of hydrogen-bond donors (Lipinski definition) is 2. The van der Waals surface area contributed by atoms with Crippen molar-refractivity contribution in [2.75, 3.05) is 6.54 Å². The topological polar surface area (TPSA) is 67.2 Å². The minimum absolute atomic E-state index is 0.408. The van der Waals surface area contributed by atoms with Gasteiger partial charge in [-0.3, -0.25) is 4.79 Å². The van der Waals surface area contributed by atoms with Gasteiger partial charge in [0, 0.05) is 19.3 Å². The molecule has 4 rings (SSSR count). The van der Waals surface area contributed by atoms with Crippen LogP contribution in [0.4, 0.5) is 0 Å². The molecule has 0 aliphatic rings. The van der Waals surface area contributed by atoms with E-state index in [2.05, 4.69) is 82.7 Å². The number of nitrogens with one attached hydrogen (secondary N) is 1. The monoisotopic (exact) mass is 453 g/mol. The molecule has 1 aromatic heterocycles. The summed E-state index contributed by atoms with van der Waals surface area (Å²) < 4.78 is 2.29. The number of rotatable bonds is 10. The molecule has 34 heavy (non-hydrogen) atoms. The molecular weight excluding hydrogens is 422 g/mol. The summed E-state index contributed by atoms with van der Waals surface area (Å²) in [6, 6.07) is 31.5. The van der Waals surface area contributed by atoms with Crippen LogP contribution in [0.25, 0.3) is 0 Å². The molecule has 0 saturated heterocycles. The van der Waals surface area contributed by atoms with Gasteiger partial charge in [0.25, 0.3) is 0 Å². The van der Waals surface area contributed by atoms with Crippen molar-refractivity contribution in [3.05, 3.63) is 125 Å². The Balaban J connectivity index is 1.91. The van der Waals surface area contributed by atoms with Crippen molar-refractivity contribution < 1.29 is 9.90 Å². The third-order valence-electron chi connectivity index (χ3n) is 6.46. The molecule has 1 atom stereocenters. The third kappa shape index (κ3) is 4.39. The van der Waals surface area contributed by atoms with Gasteiger partial charge in [0.05, 0.1) is 11.6 Å². The minimum atomic E-state index is -0.771. The first-order valence-corrected chi connectivity index (χ1v) is 11.7. The quantitative estimate of drug-likeness (QED) is 0.323. The van der Waals surface area contributed by atoms with Gasteiger partial charge in [-0.1, -0.05) is 97.9 Å². The van der Waals surface area contributed by atoms with Crippen LogP contribution in [0.3, 0.4) is 0 Å². The second-order valence-electron chi connectivity index (χ2n) is 8.51. The van der Waals surface area contributed by atoms with Crippen molar-refractivity contribution in [1.82, 2.24) is 14.9 Å². The summed E-state index contributed by atoms with van der Waals surface area (Å²) in [6.07, 6.45) is 2.48. The van der Waals surface area contributed by atoms with E-state index < -0.39 is 17.4 Å². The highest BCUT2D eigenvalue weighted by atomic mass is 16.4. The Bertz CT molecular complexity index is 1110. The van der Waals surface area contributed by atoms with E-state index in [9.17, 15) is 9.90 Å². The highest BCUT2D eigenvalue weighted by molar-refractivity contribution is 5.70. The third-order valence-corrected chi connectivity index (χ3v) is 6.46. The summed E-state index contributed by atoms with van der Waals surface area (Å²) >= 11 is 0. The zero-order valence-corrected chi connectivity index (χ0v) is 19.7. The first kappa shape index (κ1) is 23.5. The maximum atomic E-state index is 11.5. The molecule has 174 valence electrons. The number of aliphatic carboxylic acids is 1. The second kappa shape index (κ2) is 10.5. The molecule has 5 nitrogen and oxygen atoms in total. The SMILES string of the molecule is CCC(CNCc1cnc(C)n1C(c1ccccc1)(c1ccccc1)c1ccccc1)C(=O)O. The van der Waals surface area contributed by atoms with Crippen LogP contribution in [0.1, 0.15) is 41.6 Å². The average molecular weight is 454 g/mol. The van der Waals surface area contributed by atoms with E-state index in [1.165, 1.54) is 0 Å². The summed E-state index contributed by atoms with van der Waals surface area (Å²) in [5.74, 6) is -0.301. The Morgan fingerprint density at radius 1 is 0.912 bits per heavy atom. The molecule has 1 heterocycles. The Labute approximate surface area is 201 Å². The Morgan fingerprint density at radius 2 is 1.38 bits per heavy atom. The van der Waals surface area contributed by atoms with Gasteiger partial charge in [0.2, 0.25) is 0 Å². The molecule has 2 N–H and O–H groups in total. The van der Waals surface area contributed by atoms with Crippen LogP contribution < -0.4 is 5.32 Å². The molecule has 1 unspecified atom stereocenters. The molecule has 0 bridgehead atoms. The summed E-state index contributed by atoms with van der Waals surface area (Å²) in [5.41, 5.74) is 3.75. The van der Waals surface area contributed by atoms with E-state index in [1.54, 1.807) is 0 Å². The molecule has 4 aromatic rings. The van der Waals surface area contributed by atoms with Crippen molar-refractivity contribution in [3.8, 4) is 0 Å². The fourth-order valence-electron chi connectivity index (χ4n) is 4.78. The van der Waals surface area contributed by atoms with E-state index in [1.807, 2.05) is 38.2 Å². The van der Waals surface area contributed by atoms with Gasteiger partial charge in [-0.15, -0.1) is 0 Å². The van der Waals surface area contributed by atoms with Crippen molar-refractivity contribution in [1.29, 1.82) is 0 Å². The molecule has 0 amide bonds. The summed E-state index contributed by atoms with van der Waals surface area (Å²) in [4.78, 5) is 16.2. The van der Waals surface area contributed by atoms with Crippen LogP contribution in [0.5, 0.6) is 0 Å². The number of aryl methyl sites for hydroxylation is 1. The lowest BCUT2D eigenvalue weighted by Gasteiger charge is -2.39. The van der Waals surface area contributed by atoms with Gasteiger partial charge in [-0.2, -0.15) is 0 Å². The molecule has 0 aliphatic heterocycles. The van der Waals surface area contributed by atoms with E-state index in [0.717, 1.165) is 28.2 Å². The predicted molar refractivity (Wildman–Crippen MR) is 135 cm³/mol. The predicted octanol–water partition coefficient (Wildman–Crippen LogP) is 5.23. The fourth-order valence-corrected chi connectivity index (χ4v) is 4.78. The largest absolute Gasteiger partial charge is 0.481 e. The summed E-state index contributed by atoms with van der Waals surface area (Å²) in [5, 5.41) is 12.8. The highest BCUT2D eigenvalue weighted by Crippen LogP contribution is 2.42. The average Bonchev–Trinajstić information content (AvgIpc) is 3.24. The van der Waals surface area contributed by atoms with Crippen LogP contribution in [0, 0.1) is 12.8 Å². The zero-order chi connectivity index (χ0) is 24.0. The Hall–Kier alpha value is -3.70. The fraction of sp³-hybridized carbons (Fsp3) is 0.241. The van der Waals surface area contributed by atoms with Gasteiger partial charge in [0.1, 0.15) is 11.4 Å². The van der Waals surface area contributed by atoms with Crippen molar-refractivity contribution in [3.63, 3.8) is 0 Å². The minimum Gasteiger partial charge on any atom is -0.481 e. The number of imidazole rings is 1. The Morgan fingerprint density at radius 3 is 1.79 bits per heavy atom. The molecule has 0 radical (unpaired) electrons. The van der Waals surface area contributed by atoms with E-state index in [-0.39, 0.29) is 0 Å². The summed E-state index contributed by atoms with van der Waals surface area (Å²) in [7, 11) is 0. The molecule has 3 aromatic carbocycles. The second-order valence-corrected chi connectivity index (χ2v) is 8.51. The van der Waals surface area contributed by atoms with Gasteiger partial charge in [-0.05, 0) is 30.0 Å². The van der Waals surface area contributed by atoms with Crippen molar-refractivity contribution in [2.24, 2.45) is 5.92 Å². The molecule has 5 heteroatoms. The maximum Gasteiger partial charge on any atom is 0.307 e. The Kier molecular flexibility index (Phi) is 7.24. The van der Waals surface area contributed by atoms with Crippen molar-refractivity contribution >= 4 is 5.97 Å². The number of benzene rings is 3. The number of carboxylic acids is 1. The lowest BCUT2D eigenvalue weighted by molar-refractivity contribution is -0.141. The molecule has 0 aliphatic carbocycles. The smallest absolute Gasteiger partial charge is 0.307 e. The number of hydrogen-bond acceptors (Lipinski definition) is 3. The van der Waals surface area contributed by atoms with Crippen LogP contribution >= 0.6 is 0 Å². The van der Waals surface area contributed by atoms with E-state index in [4.69, 9.17) is 4.98 Å². The molecular formula is C29H31N3O2. The van der Waals surface area contributed by atoms with Crippen LogP contribution in [-0.2, 0) is 16.9 Å². The molecule has 0 fully saturated rings. The lowest BCUT2D eigenvalue weighted by Crippen LogP contribution is -2.40. The first-order chi connectivity index (χ1) is 16.6. The normalized spacial score (nSPS) is 12.4. The number of nitrogens with zero attached hydrogens (tertiary/aromatic N) is 2. The zero-order valence-electron chi connectivity index (χ0n) is 19.7. The van der Waals surface area contributed by atoms with Crippen LogP contribution in [-0.4, -0.2) is 27.2 Å². The number of carbonyl (C=O) groups is 1. The van der Waals surface area contributed by atoms with E-state index in [0.29, 0.717) is 19.5 Å². The van der Waals surface area contributed by atoms with Gasteiger partial charge < -0.3 is 15.0 Å². The first-order valence-electron chi connectivity index (χ1n) is 11.7. The van der Waals surface area contributed by atoms with Gasteiger partial charge in [0.15, 0.2) is 0 Å². The number of carboxylic acid groups (broad SMARTS) is 1. The summed E-state index contributed by atoms with van der Waals surface area (Å²) in [6.45, 7) is 4.85. The van der Waals surface area contributed by atoms with Gasteiger partial charge >= 0.3 is 5.97 Å². The number of aromatic nitrogens is 2. The standard InChI is InChI=1S/C29H31N3O2/c1-3-23(28(33)34)19-30-20-27-21-31-22(2)32(27)29(24-13-7-4-8-14-24,25-15-9-5-10-16-25)26-17-11-6-12-18-26/h4-18,21,23,30H,3,19-20H2,1-2H3,(H,33,34). The van der Waals surface area contributed by atoms with Gasteiger partial charge in [-0.25, -0.2) is 4.98 Å². The highest BCUT2D eigenvalue weighted by Gasteiger charge is 2.40. The molecule has 0 spiro atoms.